The average molecular weight is 435 g/mol. The van der Waals surface area contributed by atoms with Gasteiger partial charge < -0.3 is 20.1 Å². The van der Waals surface area contributed by atoms with Gasteiger partial charge in [-0.2, -0.15) is 0 Å². The third kappa shape index (κ3) is 6.48. The molecule has 0 aliphatic heterocycles. The lowest BCUT2D eigenvalue weighted by Gasteiger charge is -2.32. The summed E-state index contributed by atoms with van der Waals surface area (Å²) in [5.41, 5.74) is 1.67. The van der Waals surface area contributed by atoms with Crippen LogP contribution in [-0.2, 0) is 9.59 Å². The normalized spacial score (nSPS) is 18.4. The summed E-state index contributed by atoms with van der Waals surface area (Å²) in [5, 5.41) is 6.10. The third-order valence-electron chi connectivity index (χ3n) is 5.53. The summed E-state index contributed by atoms with van der Waals surface area (Å²) >= 11 is 0. The molecule has 2 atom stereocenters. The SMILES string of the molecule is COc1ccccc1/C=C/C(=O)NC1CCCCC1NC(=O)/C=C/c1ccccc1OC. The van der Waals surface area contributed by atoms with Crippen LogP contribution in [0.15, 0.2) is 60.7 Å². The van der Waals surface area contributed by atoms with E-state index in [4.69, 9.17) is 9.47 Å². The molecule has 0 bridgehead atoms. The van der Waals surface area contributed by atoms with E-state index in [-0.39, 0.29) is 23.9 Å². The van der Waals surface area contributed by atoms with Crippen molar-refractivity contribution < 1.29 is 19.1 Å². The van der Waals surface area contributed by atoms with Gasteiger partial charge in [-0.3, -0.25) is 9.59 Å². The predicted molar refractivity (Wildman–Crippen MR) is 126 cm³/mol. The molecule has 32 heavy (non-hydrogen) atoms. The zero-order chi connectivity index (χ0) is 22.8. The smallest absolute Gasteiger partial charge is 0.244 e. The Morgan fingerprint density at radius 3 is 1.56 bits per heavy atom. The number of rotatable bonds is 8. The van der Waals surface area contributed by atoms with Crippen LogP contribution in [0.2, 0.25) is 0 Å². The fraction of sp³-hybridized carbons (Fsp3) is 0.308. The summed E-state index contributed by atoms with van der Waals surface area (Å²) in [6.07, 6.45) is 10.2. The van der Waals surface area contributed by atoms with Crippen molar-refractivity contribution in [1.29, 1.82) is 0 Å². The van der Waals surface area contributed by atoms with Crippen molar-refractivity contribution in [3.8, 4) is 11.5 Å². The maximum Gasteiger partial charge on any atom is 0.244 e. The minimum Gasteiger partial charge on any atom is -0.496 e. The highest BCUT2D eigenvalue weighted by Gasteiger charge is 2.26. The maximum absolute atomic E-state index is 12.5. The highest BCUT2D eigenvalue weighted by molar-refractivity contribution is 5.93. The zero-order valence-corrected chi connectivity index (χ0v) is 18.5. The number of carbonyl (C=O) groups excluding carboxylic acids is 2. The second-order valence-corrected chi connectivity index (χ2v) is 7.67. The van der Waals surface area contributed by atoms with Gasteiger partial charge in [0, 0.05) is 35.4 Å². The fourth-order valence-electron chi connectivity index (χ4n) is 3.88. The summed E-state index contributed by atoms with van der Waals surface area (Å²) in [5.74, 6) is 1.04. The van der Waals surface area contributed by atoms with Crippen molar-refractivity contribution >= 4 is 24.0 Å². The van der Waals surface area contributed by atoms with Gasteiger partial charge in [0.05, 0.1) is 14.2 Å². The van der Waals surface area contributed by atoms with E-state index in [1.54, 1.807) is 26.4 Å². The lowest BCUT2D eigenvalue weighted by molar-refractivity contribution is -0.120. The molecule has 2 aromatic rings. The predicted octanol–water partition coefficient (Wildman–Crippen LogP) is 3.97. The fourth-order valence-corrected chi connectivity index (χ4v) is 3.88. The van der Waals surface area contributed by atoms with Crippen molar-refractivity contribution in [2.45, 2.75) is 37.8 Å². The summed E-state index contributed by atoms with van der Waals surface area (Å²) in [7, 11) is 3.20. The van der Waals surface area contributed by atoms with Crippen LogP contribution in [0.1, 0.15) is 36.8 Å². The highest BCUT2D eigenvalue weighted by atomic mass is 16.5. The number of hydrogen-bond acceptors (Lipinski definition) is 4. The van der Waals surface area contributed by atoms with Crippen molar-refractivity contribution in [3.05, 3.63) is 71.8 Å². The molecular formula is C26H30N2O4. The van der Waals surface area contributed by atoms with E-state index in [1.165, 1.54) is 12.2 Å². The Morgan fingerprint density at radius 1 is 0.750 bits per heavy atom. The molecule has 2 aromatic carbocycles. The van der Waals surface area contributed by atoms with Crippen LogP contribution in [0.4, 0.5) is 0 Å². The van der Waals surface area contributed by atoms with Crippen molar-refractivity contribution in [3.63, 3.8) is 0 Å². The molecule has 1 aliphatic carbocycles. The first-order valence-corrected chi connectivity index (χ1v) is 10.8. The van der Waals surface area contributed by atoms with Crippen LogP contribution in [0, 0.1) is 0 Å². The number of carbonyl (C=O) groups is 2. The summed E-state index contributed by atoms with van der Waals surface area (Å²) in [4.78, 5) is 25.0. The largest absolute Gasteiger partial charge is 0.496 e. The molecule has 0 radical (unpaired) electrons. The number of para-hydroxylation sites is 2. The second kappa shape index (κ2) is 11.7. The van der Waals surface area contributed by atoms with Crippen LogP contribution >= 0.6 is 0 Å². The van der Waals surface area contributed by atoms with Crippen molar-refractivity contribution in [1.82, 2.24) is 10.6 Å². The molecule has 2 amide bonds. The Hall–Kier alpha value is -3.54. The number of benzene rings is 2. The van der Waals surface area contributed by atoms with Gasteiger partial charge >= 0.3 is 0 Å². The maximum atomic E-state index is 12.5. The monoisotopic (exact) mass is 434 g/mol. The van der Waals surface area contributed by atoms with Gasteiger partial charge in [0.1, 0.15) is 11.5 Å². The molecule has 2 unspecified atom stereocenters. The van der Waals surface area contributed by atoms with E-state index in [0.29, 0.717) is 11.5 Å². The van der Waals surface area contributed by atoms with E-state index in [9.17, 15) is 9.59 Å². The number of ether oxygens (including phenoxy) is 2. The van der Waals surface area contributed by atoms with Crippen LogP contribution < -0.4 is 20.1 Å². The van der Waals surface area contributed by atoms with Gasteiger partial charge in [-0.1, -0.05) is 49.2 Å². The van der Waals surface area contributed by atoms with Gasteiger partial charge in [0.2, 0.25) is 11.8 Å². The Bertz CT molecular complexity index is 904. The Kier molecular flexibility index (Phi) is 8.49. The molecule has 1 fully saturated rings. The third-order valence-corrected chi connectivity index (χ3v) is 5.53. The summed E-state index contributed by atoms with van der Waals surface area (Å²) < 4.78 is 10.6. The molecule has 0 saturated heterocycles. The van der Waals surface area contributed by atoms with Gasteiger partial charge in [0.25, 0.3) is 0 Å². The van der Waals surface area contributed by atoms with Crippen LogP contribution in [0.25, 0.3) is 12.2 Å². The molecule has 6 heteroatoms. The molecule has 6 nitrogen and oxygen atoms in total. The molecule has 3 rings (SSSR count). The highest BCUT2D eigenvalue weighted by Crippen LogP contribution is 2.21. The molecule has 168 valence electrons. The molecular weight excluding hydrogens is 404 g/mol. The lowest BCUT2D eigenvalue weighted by Crippen LogP contribution is -2.52. The Balaban J connectivity index is 1.59. The first-order valence-electron chi connectivity index (χ1n) is 10.8. The van der Waals surface area contributed by atoms with Gasteiger partial charge in [-0.15, -0.1) is 0 Å². The second-order valence-electron chi connectivity index (χ2n) is 7.67. The van der Waals surface area contributed by atoms with Crippen molar-refractivity contribution in [2.24, 2.45) is 0 Å². The van der Waals surface area contributed by atoms with E-state index in [0.717, 1.165) is 36.8 Å². The number of amides is 2. The lowest BCUT2D eigenvalue weighted by atomic mass is 9.90. The minimum atomic E-state index is -0.188. The standard InChI is InChI=1S/C26H30N2O4/c1-31-23-13-7-3-9-19(23)15-17-25(29)27-21-11-5-6-12-22(21)28-26(30)18-16-20-10-4-8-14-24(20)32-2/h3-4,7-10,13-18,21-22H,5-6,11-12H2,1-2H3,(H,27,29)(H,28,30)/b17-15+,18-16+. The van der Waals surface area contributed by atoms with Crippen molar-refractivity contribution in [2.75, 3.05) is 14.2 Å². The van der Waals surface area contributed by atoms with E-state index < -0.39 is 0 Å². The molecule has 1 saturated carbocycles. The topological polar surface area (TPSA) is 76.7 Å². The summed E-state index contributed by atoms with van der Waals surface area (Å²) in [6, 6.07) is 14.8. The van der Waals surface area contributed by atoms with Gasteiger partial charge in [-0.25, -0.2) is 0 Å². The first kappa shape index (κ1) is 23.1. The molecule has 0 spiro atoms. The molecule has 0 heterocycles. The average Bonchev–Trinajstić information content (AvgIpc) is 2.83. The van der Waals surface area contributed by atoms with Crippen LogP contribution in [-0.4, -0.2) is 38.1 Å². The number of hydrogen-bond donors (Lipinski definition) is 2. The van der Waals surface area contributed by atoms with E-state index >= 15 is 0 Å². The van der Waals surface area contributed by atoms with Crippen LogP contribution in [0.5, 0.6) is 11.5 Å². The Labute approximate surface area is 189 Å². The van der Waals surface area contributed by atoms with Crippen LogP contribution in [0.3, 0.4) is 0 Å². The zero-order valence-electron chi connectivity index (χ0n) is 18.5. The summed E-state index contributed by atoms with van der Waals surface area (Å²) in [6.45, 7) is 0. The first-order chi connectivity index (χ1) is 15.6. The van der Waals surface area contributed by atoms with Gasteiger partial charge in [0.15, 0.2) is 0 Å². The Morgan fingerprint density at radius 2 is 1.16 bits per heavy atom. The van der Waals surface area contributed by atoms with Gasteiger partial charge in [-0.05, 0) is 37.1 Å². The number of methoxy groups -OCH3 is 2. The van der Waals surface area contributed by atoms with E-state index in [2.05, 4.69) is 10.6 Å². The minimum absolute atomic E-state index is 0.109. The molecule has 0 aromatic heterocycles. The molecule has 2 N–H and O–H groups in total. The molecule has 1 aliphatic rings. The number of nitrogens with one attached hydrogen (secondary N) is 2. The van der Waals surface area contributed by atoms with E-state index in [1.807, 2.05) is 48.5 Å². The quantitative estimate of drug-likeness (QED) is 0.617.